The summed E-state index contributed by atoms with van der Waals surface area (Å²) in [6.07, 6.45) is 12.2. The van der Waals surface area contributed by atoms with Crippen molar-refractivity contribution in [1.82, 2.24) is 0 Å². The Bertz CT molecular complexity index is 307. The number of nitrogens with zero attached hydrogens (tertiary/aromatic N) is 1. The molecule has 124 valence electrons. The van der Waals surface area contributed by atoms with Gasteiger partial charge >= 0.3 is 0 Å². The molecule has 1 aliphatic rings. The molecule has 0 aliphatic carbocycles. The first-order valence-corrected chi connectivity index (χ1v) is 9.18. The third kappa shape index (κ3) is 6.84. The van der Waals surface area contributed by atoms with Crippen LogP contribution in [0.15, 0.2) is 4.99 Å². The summed E-state index contributed by atoms with van der Waals surface area (Å²) in [5.74, 6) is 1.59. The molecule has 0 spiro atoms. The minimum absolute atomic E-state index is 0.117. The van der Waals surface area contributed by atoms with E-state index in [1.807, 2.05) is 0 Å². The molecule has 21 heavy (non-hydrogen) atoms. The molecule has 0 saturated heterocycles. The maximum absolute atomic E-state index is 5.86. The molecule has 0 aromatic carbocycles. The number of hydrogen-bond acceptors (Lipinski definition) is 2. The van der Waals surface area contributed by atoms with Crippen LogP contribution in [0.2, 0.25) is 0 Å². The van der Waals surface area contributed by atoms with Crippen molar-refractivity contribution in [3.8, 4) is 0 Å². The molecule has 0 N–H and O–H groups in total. The largest absolute Gasteiger partial charge is 0.478 e. The lowest BCUT2D eigenvalue weighted by molar-refractivity contribution is 0.253. The van der Waals surface area contributed by atoms with Crippen molar-refractivity contribution in [2.45, 2.75) is 98.4 Å². The van der Waals surface area contributed by atoms with Crippen molar-refractivity contribution in [2.24, 2.45) is 16.3 Å². The van der Waals surface area contributed by atoms with Gasteiger partial charge in [-0.3, -0.25) is 0 Å². The fraction of sp³-hybridized carbons (Fsp3) is 0.947. The van der Waals surface area contributed by atoms with Gasteiger partial charge in [-0.2, -0.15) is 0 Å². The summed E-state index contributed by atoms with van der Waals surface area (Å²) in [6, 6.07) is 0.373. The molecule has 0 fully saturated rings. The van der Waals surface area contributed by atoms with E-state index in [0.717, 1.165) is 12.5 Å². The van der Waals surface area contributed by atoms with Crippen LogP contribution in [0.1, 0.15) is 92.4 Å². The second-order valence-electron chi connectivity index (χ2n) is 7.67. The number of aliphatic imine (C=N–C) groups is 1. The third-order valence-electron chi connectivity index (χ3n) is 4.68. The molecule has 1 aliphatic heterocycles. The Labute approximate surface area is 132 Å². The fourth-order valence-corrected chi connectivity index (χ4v) is 2.91. The van der Waals surface area contributed by atoms with Crippen molar-refractivity contribution in [3.63, 3.8) is 0 Å². The second kappa shape index (κ2) is 9.48. The average Bonchev–Trinajstić information content (AvgIpc) is 2.92. The lowest BCUT2D eigenvalue weighted by Gasteiger charge is -2.23. The zero-order chi connectivity index (χ0) is 15.7. The Morgan fingerprint density at radius 3 is 2.14 bits per heavy atom. The summed E-state index contributed by atoms with van der Waals surface area (Å²) in [7, 11) is 0. The normalized spacial score (nSPS) is 19.0. The van der Waals surface area contributed by atoms with E-state index in [-0.39, 0.29) is 5.41 Å². The Morgan fingerprint density at radius 2 is 1.62 bits per heavy atom. The van der Waals surface area contributed by atoms with Gasteiger partial charge in [-0.1, -0.05) is 86.0 Å². The molecule has 2 heteroatoms. The van der Waals surface area contributed by atoms with Gasteiger partial charge in [0.05, 0.1) is 6.04 Å². The summed E-state index contributed by atoms with van der Waals surface area (Å²) in [5, 5.41) is 0. The van der Waals surface area contributed by atoms with Gasteiger partial charge in [-0.15, -0.1) is 0 Å². The highest BCUT2D eigenvalue weighted by Crippen LogP contribution is 2.30. The van der Waals surface area contributed by atoms with Crippen molar-refractivity contribution >= 4 is 5.90 Å². The molecular weight excluding hydrogens is 258 g/mol. The zero-order valence-corrected chi connectivity index (χ0v) is 15.1. The summed E-state index contributed by atoms with van der Waals surface area (Å²) in [4.78, 5) is 4.80. The first-order chi connectivity index (χ1) is 9.97. The molecule has 1 unspecified atom stereocenters. The molecule has 0 aromatic rings. The fourth-order valence-electron chi connectivity index (χ4n) is 2.91. The summed E-state index contributed by atoms with van der Waals surface area (Å²) in [5.41, 5.74) is 0.117. The average molecular weight is 296 g/mol. The van der Waals surface area contributed by atoms with Crippen LogP contribution in [0, 0.1) is 11.3 Å². The van der Waals surface area contributed by atoms with Crippen molar-refractivity contribution in [1.29, 1.82) is 0 Å². The number of rotatable bonds is 11. The highest BCUT2D eigenvalue weighted by atomic mass is 16.5. The van der Waals surface area contributed by atoms with Crippen LogP contribution in [-0.4, -0.2) is 18.5 Å². The van der Waals surface area contributed by atoms with Crippen molar-refractivity contribution < 1.29 is 4.74 Å². The molecule has 1 rings (SSSR count). The maximum Gasteiger partial charge on any atom is 0.189 e. The molecule has 2 nitrogen and oxygen atoms in total. The van der Waals surface area contributed by atoms with Crippen molar-refractivity contribution in [2.75, 3.05) is 6.61 Å². The van der Waals surface area contributed by atoms with Crippen LogP contribution in [-0.2, 0) is 4.74 Å². The van der Waals surface area contributed by atoms with Crippen LogP contribution in [0.5, 0.6) is 0 Å². The minimum atomic E-state index is 0.117. The third-order valence-corrected chi connectivity index (χ3v) is 4.68. The molecular formula is C19H37NO. The van der Waals surface area contributed by atoms with Gasteiger partial charge < -0.3 is 4.74 Å². The van der Waals surface area contributed by atoms with Crippen LogP contribution in [0.25, 0.3) is 0 Å². The molecule has 0 bridgehead atoms. The quantitative estimate of drug-likeness (QED) is 0.429. The van der Waals surface area contributed by atoms with Gasteiger partial charge in [0, 0.05) is 5.41 Å². The minimum Gasteiger partial charge on any atom is -0.478 e. The Hall–Kier alpha value is -0.530. The zero-order valence-electron chi connectivity index (χ0n) is 15.1. The summed E-state index contributed by atoms with van der Waals surface area (Å²) in [6.45, 7) is 12.1. The molecule has 1 atom stereocenters. The number of unbranched alkanes of at least 4 members (excludes halogenated alkanes) is 7. The van der Waals surface area contributed by atoms with Gasteiger partial charge in [0.1, 0.15) is 6.61 Å². The highest BCUT2D eigenvalue weighted by molar-refractivity contribution is 5.83. The first kappa shape index (κ1) is 18.5. The van der Waals surface area contributed by atoms with E-state index in [1.165, 1.54) is 57.8 Å². The molecule has 0 amide bonds. The summed E-state index contributed by atoms with van der Waals surface area (Å²) >= 11 is 0. The molecule has 1 heterocycles. The van der Waals surface area contributed by atoms with E-state index in [9.17, 15) is 0 Å². The van der Waals surface area contributed by atoms with E-state index in [2.05, 4.69) is 34.6 Å². The van der Waals surface area contributed by atoms with E-state index in [0.29, 0.717) is 12.0 Å². The van der Waals surface area contributed by atoms with Gasteiger partial charge in [-0.05, 0) is 12.3 Å². The van der Waals surface area contributed by atoms with Crippen molar-refractivity contribution in [3.05, 3.63) is 0 Å². The van der Waals surface area contributed by atoms with E-state index >= 15 is 0 Å². The standard InChI is InChI=1S/C19H37NO/c1-6-7-8-9-10-11-12-13-14-19(4,5)18-20-17(15-21-18)16(2)3/h16-17H,6-15H2,1-5H3. The van der Waals surface area contributed by atoms with Gasteiger partial charge in [0.15, 0.2) is 5.90 Å². The van der Waals surface area contributed by atoms with E-state index < -0.39 is 0 Å². The van der Waals surface area contributed by atoms with E-state index in [1.54, 1.807) is 0 Å². The van der Waals surface area contributed by atoms with E-state index in [4.69, 9.17) is 9.73 Å². The predicted molar refractivity (Wildman–Crippen MR) is 93.0 cm³/mol. The Balaban J connectivity index is 2.17. The first-order valence-electron chi connectivity index (χ1n) is 9.18. The van der Waals surface area contributed by atoms with Crippen LogP contribution in [0.3, 0.4) is 0 Å². The highest BCUT2D eigenvalue weighted by Gasteiger charge is 2.32. The Morgan fingerprint density at radius 1 is 1.05 bits per heavy atom. The SMILES string of the molecule is CCCCCCCCCCC(C)(C)C1=NC(C(C)C)CO1. The Kier molecular flexibility index (Phi) is 8.36. The summed E-state index contributed by atoms with van der Waals surface area (Å²) < 4.78 is 5.86. The lowest BCUT2D eigenvalue weighted by atomic mass is 9.86. The topological polar surface area (TPSA) is 21.6 Å². The number of hydrogen-bond donors (Lipinski definition) is 0. The predicted octanol–water partition coefficient (Wildman–Crippen LogP) is 6.00. The van der Waals surface area contributed by atoms with Gasteiger partial charge in [-0.25, -0.2) is 4.99 Å². The van der Waals surface area contributed by atoms with Crippen LogP contribution < -0.4 is 0 Å². The number of ether oxygens (including phenoxy) is 1. The second-order valence-corrected chi connectivity index (χ2v) is 7.67. The van der Waals surface area contributed by atoms with Gasteiger partial charge in [0.2, 0.25) is 0 Å². The van der Waals surface area contributed by atoms with Gasteiger partial charge in [0.25, 0.3) is 0 Å². The van der Waals surface area contributed by atoms with Crippen LogP contribution in [0.4, 0.5) is 0 Å². The lowest BCUT2D eigenvalue weighted by Crippen LogP contribution is -2.24. The molecule has 0 aromatic heterocycles. The maximum atomic E-state index is 5.86. The molecule has 0 saturated carbocycles. The molecule has 0 radical (unpaired) electrons. The van der Waals surface area contributed by atoms with Crippen LogP contribution >= 0.6 is 0 Å². The smallest absolute Gasteiger partial charge is 0.189 e. The monoisotopic (exact) mass is 295 g/mol.